The molecular weight excluding hydrogens is 334 g/mol. The van der Waals surface area contributed by atoms with Crippen LogP contribution in [0.4, 0.5) is 11.6 Å². The van der Waals surface area contributed by atoms with Gasteiger partial charge in [0, 0.05) is 16.9 Å². The molecule has 7 nitrogen and oxygen atoms in total. The van der Waals surface area contributed by atoms with Gasteiger partial charge in [0.15, 0.2) is 5.82 Å². The molecule has 19 heavy (non-hydrogen) atoms. The Balaban J connectivity index is 2.42. The largest absolute Gasteiger partial charge is 0.307 e. The van der Waals surface area contributed by atoms with Gasteiger partial charge in [0.25, 0.3) is 10.0 Å². The summed E-state index contributed by atoms with van der Waals surface area (Å²) in [5.41, 5.74) is 2.24. The van der Waals surface area contributed by atoms with Crippen LogP contribution in [0.5, 0.6) is 0 Å². The first kappa shape index (κ1) is 13.7. The zero-order chi connectivity index (χ0) is 13.9. The van der Waals surface area contributed by atoms with Crippen LogP contribution in [0.25, 0.3) is 0 Å². The number of hydrogen-bond donors (Lipinski definition) is 3. The van der Waals surface area contributed by atoms with E-state index in [0.717, 1.165) is 0 Å². The molecule has 0 aliphatic carbocycles. The fourth-order valence-electron chi connectivity index (χ4n) is 1.35. The maximum atomic E-state index is 12.2. The normalized spacial score (nSPS) is 11.1. The van der Waals surface area contributed by atoms with E-state index < -0.39 is 10.0 Å². The highest BCUT2D eigenvalue weighted by Gasteiger charge is 2.20. The van der Waals surface area contributed by atoms with Crippen LogP contribution in [0.15, 0.2) is 46.0 Å². The van der Waals surface area contributed by atoms with Crippen LogP contribution in [-0.4, -0.2) is 18.4 Å². The Labute approximate surface area is 118 Å². The first-order valence-electron chi connectivity index (χ1n) is 5.09. The molecule has 4 N–H and O–H groups in total. The van der Waals surface area contributed by atoms with Gasteiger partial charge >= 0.3 is 0 Å². The lowest BCUT2D eigenvalue weighted by Gasteiger charge is -2.10. The summed E-state index contributed by atoms with van der Waals surface area (Å²) in [6.45, 7) is 0. The van der Waals surface area contributed by atoms with Gasteiger partial charge in [-0.2, -0.15) is 0 Å². The van der Waals surface area contributed by atoms with Crippen molar-refractivity contribution in [3.8, 4) is 0 Å². The molecule has 2 aromatic rings. The lowest BCUT2D eigenvalue weighted by atomic mass is 10.5. The number of hydrogen-bond acceptors (Lipinski definition) is 6. The molecule has 100 valence electrons. The molecule has 0 fully saturated rings. The van der Waals surface area contributed by atoms with E-state index in [0.29, 0.717) is 4.47 Å². The molecule has 9 heteroatoms. The summed E-state index contributed by atoms with van der Waals surface area (Å²) in [5.74, 6) is 5.52. The van der Waals surface area contributed by atoms with Crippen molar-refractivity contribution < 1.29 is 8.42 Å². The number of rotatable bonds is 4. The van der Waals surface area contributed by atoms with Crippen LogP contribution in [0.1, 0.15) is 0 Å². The summed E-state index contributed by atoms with van der Waals surface area (Å²) in [6, 6.07) is 6.30. The predicted octanol–water partition coefficient (Wildman–Crippen LogP) is 1.33. The zero-order valence-electron chi connectivity index (χ0n) is 9.54. The maximum absolute atomic E-state index is 12.2. The van der Waals surface area contributed by atoms with Gasteiger partial charge in [0.1, 0.15) is 10.7 Å². The summed E-state index contributed by atoms with van der Waals surface area (Å²) in [7, 11) is -3.83. The highest BCUT2D eigenvalue weighted by atomic mass is 79.9. The van der Waals surface area contributed by atoms with Crippen molar-refractivity contribution in [2.45, 2.75) is 4.90 Å². The van der Waals surface area contributed by atoms with Crippen LogP contribution in [0.2, 0.25) is 0 Å². The monoisotopic (exact) mass is 343 g/mol. The van der Waals surface area contributed by atoms with Crippen molar-refractivity contribution in [3.05, 3.63) is 41.1 Å². The second-order valence-corrected chi connectivity index (χ2v) is 6.03. The van der Waals surface area contributed by atoms with Gasteiger partial charge in [0.05, 0.1) is 0 Å². The molecule has 0 unspecified atom stereocenters. The number of aromatic nitrogens is 2. The first-order valence-corrected chi connectivity index (χ1v) is 7.36. The molecule has 2 rings (SSSR count). The highest BCUT2D eigenvalue weighted by molar-refractivity contribution is 9.10. The van der Waals surface area contributed by atoms with E-state index in [1.54, 1.807) is 18.2 Å². The third kappa shape index (κ3) is 3.19. The molecule has 0 aliphatic heterocycles. The number of halogens is 1. The molecule has 0 bridgehead atoms. The topological polar surface area (TPSA) is 110 Å². The minimum Gasteiger partial charge on any atom is -0.307 e. The number of nitrogens with one attached hydrogen (secondary N) is 2. The van der Waals surface area contributed by atoms with Gasteiger partial charge in [-0.25, -0.2) is 24.2 Å². The number of nitrogens with zero attached hydrogens (tertiary/aromatic N) is 2. The fourth-order valence-corrected chi connectivity index (χ4v) is 2.99. The maximum Gasteiger partial charge on any atom is 0.266 e. The van der Waals surface area contributed by atoms with Crippen LogP contribution >= 0.6 is 15.9 Å². The number of hydrazine groups is 1. The number of nitrogen functional groups attached to an aromatic ring is 1. The van der Waals surface area contributed by atoms with Gasteiger partial charge in [0.2, 0.25) is 0 Å². The van der Waals surface area contributed by atoms with Crippen molar-refractivity contribution >= 4 is 37.6 Å². The second kappa shape index (κ2) is 5.51. The standard InChI is InChI=1S/C10H10BrN5O2S/c11-7-5-8(10(15-12)14-6-7)19(17,18)16-9-3-1-2-4-13-9/h1-6H,12H2,(H,13,16)(H,14,15). The molecule has 0 atom stereocenters. The Morgan fingerprint density at radius 2 is 2.05 bits per heavy atom. The molecule has 0 amide bonds. The van der Waals surface area contributed by atoms with Gasteiger partial charge < -0.3 is 5.43 Å². The molecular formula is C10H10BrN5O2S. The molecule has 0 aliphatic rings. The Kier molecular flexibility index (Phi) is 3.98. The third-order valence-electron chi connectivity index (χ3n) is 2.15. The van der Waals surface area contributed by atoms with E-state index >= 15 is 0 Å². The minimum atomic E-state index is -3.83. The minimum absolute atomic E-state index is 0.0478. The smallest absolute Gasteiger partial charge is 0.266 e. The van der Waals surface area contributed by atoms with E-state index in [-0.39, 0.29) is 16.5 Å². The second-order valence-electron chi connectivity index (χ2n) is 3.47. The SMILES string of the molecule is NNc1ncc(Br)cc1S(=O)(=O)Nc1ccccn1. The van der Waals surface area contributed by atoms with Gasteiger partial charge in [-0.1, -0.05) is 6.07 Å². The summed E-state index contributed by atoms with van der Waals surface area (Å²) in [5, 5.41) is 0. The molecule has 0 saturated heterocycles. The van der Waals surface area contributed by atoms with Crippen LogP contribution in [0.3, 0.4) is 0 Å². The number of nitrogens with two attached hydrogens (primary N) is 1. The number of pyridine rings is 2. The van der Waals surface area contributed by atoms with Crippen LogP contribution in [0, 0.1) is 0 Å². The van der Waals surface area contributed by atoms with E-state index in [9.17, 15) is 8.42 Å². The van der Waals surface area contributed by atoms with Crippen molar-refractivity contribution in [1.82, 2.24) is 9.97 Å². The summed E-state index contributed by atoms with van der Waals surface area (Å²) in [4.78, 5) is 7.70. The molecule has 0 spiro atoms. The first-order chi connectivity index (χ1) is 9.03. The van der Waals surface area contributed by atoms with E-state index in [1.165, 1.54) is 18.5 Å². The molecule has 0 radical (unpaired) electrons. The summed E-state index contributed by atoms with van der Waals surface area (Å²) >= 11 is 3.16. The number of sulfonamides is 1. The van der Waals surface area contributed by atoms with Crippen molar-refractivity contribution in [1.29, 1.82) is 0 Å². The van der Waals surface area contributed by atoms with Crippen LogP contribution < -0.4 is 16.0 Å². The van der Waals surface area contributed by atoms with Crippen molar-refractivity contribution in [2.24, 2.45) is 5.84 Å². The Morgan fingerprint density at radius 1 is 1.26 bits per heavy atom. The van der Waals surface area contributed by atoms with Gasteiger partial charge in [-0.05, 0) is 34.1 Å². The number of anilines is 2. The fraction of sp³-hybridized carbons (Fsp3) is 0. The molecule has 2 heterocycles. The van der Waals surface area contributed by atoms with E-state index in [4.69, 9.17) is 5.84 Å². The van der Waals surface area contributed by atoms with Crippen molar-refractivity contribution in [3.63, 3.8) is 0 Å². The average Bonchev–Trinajstić information content (AvgIpc) is 2.39. The highest BCUT2D eigenvalue weighted by Crippen LogP contribution is 2.23. The van der Waals surface area contributed by atoms with Crippen molar-refractivity contribution in [2.75, 3.05) is 10.1 Å². The zero-order valence-corrected chi connectivity index (χ0v) is 11.9. The summed E-state index contributed by atoms with van der Waals surface area (Å²) < 4.78 is 27.3. The van der Waals surface area contributed by atoms with Crippen LogP contribution in [-0.2, 0) is 10.0 Å². The third-order valence-corrected chi connectivity index (χ3v) is 3.95. The van der Waals surface area contributed by atoms with Gasteiger partial charge in [-0.15, -0.1) is 0 Å². The lowest BCUT2D eigenvalue weighted by Crippen LogP contribution is -2.19. The van der Waals surface area contributed by atoms with E-state index in [2.05, 4.69) is 36.0 Å². The summed E-state index contributed by atoms with van der Waals surface area (Å²) in [6.07, 6.45) is 2.92. The molecule has 0 saturated carbocycles. The van der Waals surface area contributed by atoms with Gasteiger partial charge in [-0.3, -0.25) is 4.72 Å². The Bertz CT molecular complexity index is 678. The predicted molar refractivity (Wildman–Crippen MR) is 74.8 cm³/mol. The van der Waals surface area contributed by atoms with E-state index in [1.807, 2.05) is 0 Å². The Morgan fingerprint density at radius 3 is 2.68 bits per heavy atom. The quantitative estimate of drug-likeness (QED) is 0.570. The average molecular weight is 344 g/mol. The molecule has 2 aromatic heterocycles. The Hall–Kier alpha value is -1.71. The lowest BCUT2D eigenvalue weighted by molar-refractivity contribution is 0.601. The molecule has 0 aromatic carbocycles.